The number of ether oxygens (including phenoxy) is 2. The molecule has 1 unspecified atom stereocenters. The van der Waals surface area contributed by atoms with Crippen molar-refractivity contribution in [3.63, 3.8) is 0 Å². The molecule has 1 atom stereocenters. The van der Waals surface area contributed by atoms with Crippen molar-refractivity contribution in [3.8, 4) is 11.5 Å². The van der Waals surface area contributed by atoms with Gasteiger partial charge in [-0.05, 0) is 51.1 Å². The average Bonchev–Trinajstić information content (AvgIpc) is 2.92. The summed E-state index contributed by atoms with van der Waals surface area (Å²) in [5.41, 5.74) is 1.34. The Labute approximate surface area is 134 Å². The lowest BCUT2D eigenvalue weighted by Crippen LogP contribution is -2.42. The summed E-state index contributed by atoms with van der Waals surface area (Å²) >= 11 is 0. The highest BCUT2D eigenvalue weighted by Crippen LogP contribution is 2.48. The number of nitrogens with one attached hydrogen (secondary N) is 1. The van der Waals surface area contributed by atoms with Crippen LogP contribution in [0, 0.1) is 5.92 Å². The Morgan fingerprint density at radius 2 is 2.09 bits per heavy atom. The van der Waals surface area contributed by atoms with Gasteiger partial charge >= 0.3 is 0 Å². The van der Waals surface area contributed by atoms with E-state index in [-0.39, 0.29) is 5.60 Å². The maximum atomic E-state index is 6.48. The minimum atomic E-state index is 0.0481. The van der Waals surface area contributed by atoms with Crippen LogP contribution in [0.15, 0.2) is 18.2 Å². The SMILES string of the molecule is CCOc1ccc2c(c1)OC1(CCCC1)CC2NCC(C)C. The molecule has 3 heteroatoms. The molecule has 1 fully saturated rings. The van der Waals surface area contributed by atoms with Crippen LogP contribution in [0.5, 0.6) is 11.5 Å². The van der Waals surface area contributed by atoms with Crippen molar-refractivity contribution in [1.82, 2.24) is 5.32 Å². The number of hydrogen-bond donors (Lipinski definition) is 1. The van der Waals surface area contributed by atoms with Gasteiger partial charge in [0.1, 0.15) is 17.1 Å². The molecule has 1 N–H and O–H groups in total. The first-order valence-corrected chi connectivity index (χ1v) is 8.81. The summed E-state index contributed by atoms with van der Waals surface area (Å²) in [5, 5.41) is 3.76. The van der Waals surface area contributed by atoms with E-state index >= 15 is 0 Å². The predicted molar refractivity (Wildman–Crippen MR) is 89.6 cm³/mol. The summed E-state index contributed by atoms with van der Waals surface area (Å²) in [7, 11) is 0. The Morgan fingerprint density at radius 3 is 2.77 bits per heavy atom. The molecule has 22 heavy (non-hydrogen) atoms. The smallest absolute Gasteiger partial charge is 0.128 e. The molecular weight excluding hydrogens is 274 g/mol. The van der Waals surface area contributed by atoms with Crippen molar-refractivity contribution in [1.29, 1.82) is 0 Å². The topological polar surface area (TPSA) is 30.5 Å². The van der Waals surface area contributed by atoms with Gasteiger partial charge in [-0.2, -0.15) is 0 Å². The molecule has 1 aliphatic carbocycles. The van der Waals surface area contributed by atoms with Gasteiger partial charge in [-0.1, -0.05) is 19.9 Å². The van der Waals surface area contributed by atoms with Gasteiger partial charge in [-0.3, -0.25) is 0 Å². The lowest BCUT2D eigenvalue weighted by Gasteiger charge is -2.40. The van der Waals surface area contributed by atoms with Crippen LogP contribution < -0.4 is 14.8 Å². The van der Waals surface area contributed by atoms with Crippen molar-refractivity contribution in [3.05, 3.63) is 23.8 Å². The Morgan fingerprint density at radius 1 is 1.32 bits per heavy atom. The van der Waals surface area contributed by atoms with Crippen LogP contribution in [0.1, 0.15) is 64.5 Å². The minimum absolute atomic E-state index is 0.0481. The Kier molecular flexibility index (Phi) is 4.62. The molecule has 1 aliphatic heterocycles. The van der Waals surface area contributed by atoms with Crippen molar-refractivity contribution in [2.75, 3.05) is 13.2 Å². The molecule has 0 saturated heterocycles. The third-order valence-corrected chi connectivity index (χ3v) is 4.86. The maximum absolute atomic E-state index is 6.48. The van der Waals surface area contributed by atoms with Crippen molar-refractivity contribution in [2.24, 2.45) is 5.92 Å². The predicted octanol–water partition coefficient (Wildman–Crippen LogP) is 4.47. The molecule has 1 aromatic carbocycles. The van der Waals surface area contributed by atoms with E-state index in [1.54, 1.807) is 0 Å². The molecule has 1 saturated carbocycles. The van der Waals surface area contributed by atoms with Crippen LogP contribution in [-0.4, -0.2) is 18.8 Å². The molecule has 0 amide bonds. The normalized spacial score (nSPS) is 22.6. The summed E-state index contributed by atoms with van der Waals surface area (Å²) in [6.45, 7) is 8.28. The zero-order valence-corrected chi connectivity index (χ0v) is 14.2. The van der Waals surface area contributed by atoms with Crippen LogP contribution in [0.2, 0.25) is 0 Å². The van der Waals surface area contributed by atoms with E-state index in [1.807, 2.05) is 6.92 Å². The lowest BCUT2D eigenvalue weighted by atomic mass is 9.85. The molecule has 122 valence electrons. The largest absolute Gasteiger partial charge is 0.494 e. The monoisotopic (exact) mass is 303 g/mol. The fourth-order valence-electron chi connectivity index (χ4n) is 3.79. The molecule has 2 aliphatic rings. The molecule has 0 radical (unpaired) electrons. The van der Waals surface area contributed by atoms with Crippen LogP contribution in [0.3, 0.4) is 0 Å². The van der Waals surface area contributed by atoms with E-state index in [1.165, 1.54) is 31.2 Å². The quantitative estimate of drug-likeness (QED) is 0.870. The summed E-state index contributed by atoms with van der Waals surface area (Å²) in [4.78, 5) is 0. The molecular formula is C19H29NO2. The Hall–Kier alpha value is -1.22. The first-order valence-electron chi connectivity index (χ1n) is 8.81. The van der Waals surface area contributed by atoms with Crippen LogP contribution >= 0.6 is 0 Å². The summed E-state index contributed by atoms with van der Waals surface area (Å²) in [5.74, 6) is 2.60. The summed E-state index contributed by atoms with van der Waals surface area (Å²) in [6.07, 6.45) is 6.05. The number of fused-ring (bicyclic) bond motifs is 1. The number of rotatable bonds is 5. The third-order valence-electron chi connectivity index (χ3n) is 4.86. The van der Waals surface area contributed by atoms with Crippen LogP contribution in [-0.2, 0) is 0 Å². The van der Waals surface area contributed by atoms with Gasteiger partial charge in [-0.15, -0.1) is 0 Å². The fraction of sp³-hybridized carbons (Fsp3) is 0.684. The second-order valence-electron chi connectivity index (χ2n) is 7.18. The third kappa shape index (κ3) is 3.24. The van der Waals surface area contributed by atoms with E-state index in [4.69, 9.17) is 9.47 Å². The first-order chi connectivity index (χ1) is 10.6. The average molecular weight is 303 g/mol. The molecule has 0 aromatic heterocycles. The summed E-state index contributed by atoms with van der Waals surface area (Å²) in [6, 6.07) is 6.74. The Bertz CT molecular complexity index is 506. The van der Waals surface area contributed by atoms with Gasteiger partial charge in [0.15, 0.2) is 0 Å². The van der Waals surface area contributed by atoms with E-state index in [0.717, 1.165) is 24.5 Å². The molecule has 0 bridgehead atoms. The minimum Gasteiger partial charge on any atom is -0.494 e. The Balaban J connectivity index is 1.87. The van der Waals surface area contributed by atoms with E-state index < -0.39 is 0 Å². The zero-order valence-electron chi connectivity index (χ0n) is 14.2. The molecule has 3 nitrogen and oxygen atoms in total. The lowest BCUT2D eigenvalue weighted by molar-refractivity contribution is 0.0360. The maximum Gasteiger partial charge on any atom is 0.128 e. The van der Waals surface area contributed by atoms with E-state index in [0.29, 0.717) is 18.6 Å². The highest BCUT2D eigenvalue weighted by atomic mass is 16.5. The van der Waals surface area contributed by atoms with Gasteiger partial charge in [-0.25, -0.2) is 0 Å². The standard InChI is InChI=1S/C19H29NO2/c1-4-21-15-7-8-16-17(20-13-14(2)3)12-19(9-5-6-10-19)22-18(16)11-15/h7-8,11,14,17,20H,4-6,9-10,12-13H2,1-3H3. The molecule has 1 heterocycles. The van der Waals surface area contributed by atoms with E-state index in [9.17, 15) is 0 Å². The van der Waals surface area contributed by atoms with Gasteiger partial charge in [0.25, 0.3) is 0 Å². The number of hydrogen-bond acceptors (Lipinski definition) is 3. The van der Waals surface area contributed by atoms with Crippen molar-refractivity contribution in [2.45, 2.75) is 64.5 Å². The van der Waals surface area contributed by atoms with Crippen LogP contribution in [0.25, 0.3) is 0 Å². The fourth-order valence-corrected chi connectivity index (χ4v) is 3.79. The zero-order chi connectivity index (χ0) is 15.6. The second kappa shape index (κ2) is 6.49. The van der Waals surface area contributed by atoms with Crippen LogP contribution in [0.4, 0.5) is 0 Å². The van der Waals surface area contributed by atoms with Gasteiger partial charge in [0.05, 0.1) is 6.61 Å². The molecule has 1 aromatic rings. The van der Waals surface area contributed by atoms with Gasteiger partial charge in [0.2, 0.25) is 0 Å². The molecule has 3 rings (SSSR count). The van der Waals surface area contributed by atoms with E-state index in [2.05, 4.69) is 37.4 Å². The van der Waals surface area contributed by atoms with Gasteiger partial charge < -0.3 is 14.8 Å². The number of benzene rings is 1. The second-order valence-corrected chi connectivity index (χ2v) is 7.18. The highest BCUT2D eigenvalue weighted by Gasteiger charge is 2.43. The highest BCUT2D eigenvalue weighted by molar-refractivity contribution is 5.44. The van der Waals surface area contributed by atoms with Crippen molar-refractivity contribution < 1.29 is 9.47 Å². The molecule has 1 spiro atoms. The first kappa shape index (κ1) is 15.7. The summed E-state index contributed by atoms with van der Waals surface area (Å²) < 4.78 is 12.1. The van der Waals surface area contributed by atoms with Crippen molar-refractivity contribution >= 4 is 0 Å². The van der Waals surface area contributed by atoms with Gasteiger partial charge in [0, 0.05) is 24.1 Å².